The minimum atomic E-state index is 0.721. The Morgan fingerprint density at radius 3 is 2.48 bits per heavy atom. The van der Waals surface area contributed by atoms with Gasteiger partial charge in [-0.1, -0.05) is 24.3 Å². The van der Waals surface area contributed by atoms with E-state index < -0.39 is 0 Å². The molecule has 1 N–H and O–H groups in total. The van der Waals surface area contributed by atoms with Gasteiger partial charge in [-0.15, -0.1) is 0 Å². The van der Waals surface area contributed by atoms with Crippen LogP contribution in [0.5, 0.6) is 5.75 Å². The third-order valence-corrected chi connectivity index (χ3v) is 6.21. The number of benzene rings is 2. The Labute approximate surface area is 193 Å². The Balaban J connectivity index is 1.43. The van der Waals surface area contributed by atoms with E-state index in [1.807, 2.05) is 25.4 Å². The van der Waals surface area contributed by atoms with E-state index in [1.165, 1.54) is 11.1 Å². The number of nitrogens with zero attached hydrogens (tertiary/aromatic N) is 6. The maximum absolute atomic E-state index is 5.55. The van der Waals surface area contributed by atoms with Crippen LogP contribution in [0.25, 0.3) is 11.0 Å². The number of aromatic nitrogens is 4. The van der Waals surface area contributed by atoms with Crippen LogP contribution < -0.4 is 19.9 Å². The molecule has 0 spiro atoms. The lowest BCUT2D eigenvalue weighted by Crippen LogP contribution is -2.47. The average Bonchev–Trinajstić information content (AvgIpc) is 3.22. The highest BCUT2D eigenvalue weighted by Gasteiger charge is 2.23. The van der Waals surface area contributed by atoms with Gasteiger partial charge in [0.25, 0.3) is 0 Å². The predicted octanol–water partition coefficient (Wildman–Crippen LogP) is 4.06. The Hall–Kier alpha value is -3.81. The second-order valence-electron chi connectivity index (χ2n) is 8.47. The zero-order chi connectivity index (χ0) is 22.9. The van der Waals surface area contributed by atoms with E-state index in [2.05, 4.69) is 64.4 Å². The molecule has 0 atom stereocenters. The molecule has 1 aliphatic rings. The summed E-state index contributed by atoms with van der Waals surface area (Å²) in [5.74, 6) is 2.40. The van der Waals surface area contributed by atoms with E-state index in [4.69, 9.17) is 14.7 Å². The van der Waals surface area contributed by atoms with Gasteiger partial charge < -0.3 is 19.9 Å². The van der Waals surface area contributed by atoms with Crippen molar-refractivity contribution < 1.29 is 4.74 Å². The van der Waals surface area contributed by atoms with Crippen molar-refractivity contribution in [1.82, 2.24) is 19.7 Å². The smallest absolute Gasteiger partial charge is 0.229 e. The number of ether oxygens (including phenoxy) is 1. The fourth-order valence-corrected chi connectivity index (χ4v) is 4.28. The fourth-order valence-electron chi connectivity index (χ4n) is 4.28. The quantitative estimate of drug-likeness (QED) is 0.499. The molecule has 0 saturated carbocycles. The first kappa shape index (κ1) is 21.1. The lowest BCUT2D eigenvalue weighted by atomic mass is 10.1. The summed E-state index contributed by atoms with van der Waals surface area (Å²) in [6.45, 7) is 7.58. The van der Waals surface area contributed by atoms with Crippen LogP contribution in [-0.4, -0.2) is 53.0 Å². The van der Waals surface area contributed by atoms with Gasteiger partial charge in [0.15, 0.2) is 5.65 Å². The highest BCUT2D eigenvalue weighted by molar-refractivity contribution is 5.90. The lowest BCUT2D eigenvalue weighted by Gasteiger charge is -2.36. The fraction of sp³-hybridized carbons (Fsp3) is 0.320. The summed E-state index contributed by atoms with van der Waals surface area (Å²) in [6, 6.07) is 14.6. The molecule has 1 aliphatic heterocycles. The van der Waals surface area contributed by atoms with Crippen molar-refractivity contribution in [3.05, 3.63) is 59.8 Å². The maximum atomic E-state index is 5.55. The Morgan fingerprint density at radius 2 is 1.70 bits per heavy atom. The van der Waals surface area contributed by atoms with Crippen LogP contribution in [0.1, 0.15) is 11.1 Å². The van der Waals surface area contributed by atoms with Crippen molar-refractivity contribution in [1.29, 1.82) is 0 Å². The van der Waals surface area contributed by atoms with Crippen molar-refractivity contribution in [2.24, 2.45) is 7.05 Å². The largest absolute Gasteiger partial charge is 0.495 e. The van der Waals surface area contributed by atoms with Gasteiger partial charge in [-0.3, -0.25) is 4.68 Å². The SMILES string of the molecule is COc1ccccc1N1CCN(c2nc(Nc3cc(C)ccc3C)c3cnn(C)c3n2)CC1. The summed E-state index contributed by atoms with van der Waals surface area (Å²) < 4.78 is 7.36. The molecule has 2 aromatic heterocycles. The van der Waals surface area contributed by atoms with Crippen molar-refractivity contribution in [3.63, 3.8) is 0 Å². The molecule has 33 heavy (non-hydrogen) atoms. The van der Waals surface area contributed by atoms with Crippen LogP contribution in [0.4, 0.5) is 23.1 Å². The monoisotopic (exact) mass is 443 g/mol. The molecule has 2 aromatic carbocycles. The third kappa shape index (κ3) is 4.04. The number of hydrogen-bond donors (Lipinski definition) is 1. The van der Waals surface area contributed by atoms with Gasteiger partial charge in [-0.25, -0.2) is 0 Å². The second kappa shape index (κ2) is 8.61. The molecule has 8 heteroatoms. The standard InChI is InChI=1S/C25H29N7O/c1-17-9-10-18(2)20(15-17)27-23-19-16-26-30(3)24(19)29-25(28-23)32-13-11-31(12-14-32)21-7-5-6-8-22(21)33-4/h5-10,15-16H,11-14H2,1-4H3,(H,27,28,29). The molecule has 0 bridgehead atoms. The third-order valence-electron chi connectivity index (χ3n) is 6.21. The van der Waals surface area contributed by atoms with Gasteiger partial charge in [0.1, 0.15) is 11.6 Å². The predicted molar refractivity (Wildman–Crippen MR) is 133 cm³/mol. The van der Waals surface area contributed by atoms with Gasteiger partial charge in [0.2, 0.25) is 5.95 Å². The lowest BCUT2D eigenvalue weighted by molar-refractivity contribution is 0.413. The number of fused-ring (bicyclic) bond motifs is 1. The summed E-state index contributed by atoms with van der Waals surface area (Å²) in [6.07, 6.45) is 1.83. The highest BCUT2D eigenvalue weighted by Crippen LogP contribution is 2.31. The molecule has 0 amide bonds. The molecule has 1 saturated heterocycles. The molecule has 0 unspecified atom stereocenters. The summed E-state index contributed by atoms with van der Waals surface area (Å²) in [4.78, 5) is 14.4. The molecule has 0 aliphatic carbocycles. The minimum Gasteiger partial charge on any atom is -0.495 e. The zero-order valence-electron chi connectivity index (χ0n) is 19.5. The Kier molecular flexibility index (Phi) is 5.50. The van der Waals surface area contributed by atoms with Crippen LogP contribution in [0.15, 0.2) is 48.7 Å². The molecule has 4 aromatic rings. The minimum absolute atomic E-state index is 0.721. The molecular weight excluding hydrogens is 414 g/mol. The number of rotatable bonds is 5. The maximum Gasteiger partial charge on any atom is 0.229 e. The Morgan fingerprint density at radius 1 is 0.939 bits per heavy atom. The Bertz CT molecular complexity index is 1290. The number of para-hydroxylation sites is 2. The molecular formula is C25H29N7O. The van der Waals surface area contributed by atoms with Crippen LogP contribution in [0.3, 0.4) is 0 Å². The van der Waals surface area contributed by atoms with E-state index in [0.717, 1.165) is 66.1 Å². The number of hydrogen-bond acceptors (Lipinski definition) is 7. The first-order valence-electron chi connectivity index (χ1n) is 11.2. The molecule has 170 valence electrons. The van der Waals surface area contributed by atoms with Crippen LogP contribution in [-0.2, 0) is 7.05 Å². The van der Waals surface area contributed by atoms with Gasteiger partial charge in [-0.2, -0.15) is 15.1 Å². The van der Waals surface area contributed by atoms with E-state index in [-0.39, 0.29) is 0 Å². The first-order chi connectivity index (χ1) is 16.0. The summed E-state index contributed by atoms with van der Waals surface area (Å²) in [7, 11) is 3.64. The zero-order valence-corrected chi connectivity index (χ0v) is 19.5. The number of nitrogens with one attached hydrogen (secondary N) is 1. The molecule has 5 rings (SSSR count). The molecule has 8 nitrogen and oxygen atoms in total. The average molecular weight is 444 g/mol. The van der Waals surface area contributed by atoms with Gasteiger partial charge in [0, 0.05) is 38.9 Å². The summed E-state index contributed by atoms with van der Waals surface area (Å²) >= 11 is 0. The summed E-state index contributed by atoms with van der Waals surface area (Å²) in [5.41, 5.74) is 5.36. The van der Waals surface area contributed by atoms with Gasteiger partial charge >= 0.3 is 0 Å². The number of piperazine rings is 1. The van der Waals surface area contributed by atoms with Crippen molar-refractivity contribution in [2.75, 3.05) is 48.4 Å². The van der Waals surface area contributed by atoms with Crippen molar-refractivity contribution >= 4 is 34.2 Å². The highest BCUT2D eigenvalue weighted by atomic mass is 16.5. The van der Waals surface area contributed by atoms with E-state index in [9.17, 15) is 0 Å². The molecule has 3 heterocycles. The van der Waals surface area contributed by atoms with Crippen LogP contribution in [0.2, 0.25) is 0 Å². The number of anilines is 4. The number of methoxy groups -OCH3 is 1. The molecule has 0 radical (unpaired) electrons. The van der Waals surface area contributed by atoms with Gasteiger partial charge in [-0.05, 0) is 43.2 Å². The van der Waals surface area contributed by atoms with E-state index in [0.29, 0.717) is 0 Å². The van der Waals surface area contributed by atoms with Crippen molar-refractivity contribution in [3.8, 4) is 5.75 Å². The van der Waals surface area contributed by atoms with E-state index in [1.54, 1.807) is 11.8 Å². The number of aryl methyl sites for hydroxylation is 3. The van der Waals surface area contributed by atoms with Crippen molar-refractivity contribution in [2.45, 2.75) is 13.8 Å². The van der Waals surface area contributed by atoms with Gasteiger partial charge in [0.05, 0.1) is 24.4 Å². The van der Waals surface area contributed by atoms with Crippen LogP contribution >= 0.6 is 0 Å². The first-order valence-corrected chi connectivity index (χ1v) is 11.2. The van der Waals surface area contributed by atoms with E-state index >= 15 is 0 Å². The molecule has 1 fully saturated rings. The normalized spacial score (nSPS) is 14.1. The summed E-state index contributed by atoms with van der Waals surface area (Å²) in [5, 5.41) is 8.88. The van der Waals surface area contributed by atoms with Crippen LogP contribution in [0, 0.1) is 13.8 Å². The topological polar surface area (TPSA) is 71.3 Å². The second-order valence-corrected chi connectivity index (χ2v) is 8.47.